The van der Waals surface area contributed by atoms with Crippen LogP contribution in [0.1, 0.15) is 38.5 Å². The Labute approximate surface area is 103 Å². The predicted octanol–water partition coefficient (Wildman–Crippen LogP) is 2.49. The summed E-state index contributed by atoms with van der Waals surface area (Å²) in [4.78, 5) is 0. The fourth-order valence-electron chi connectivity index (χ4n) is 4.46. The van der Waals surface area contributed by atoms with Crippen LogP contribution in [0.25, 0.3) is 0 Å². The van der Waals surface area contributed by atoms with Crippen LogP contribution in [0.3, 0.4) is 0 Å². The molecule has 4 fully saturated rings. The van der Waals surface area contributed by atoms with Gasteiger partial charge in [-0.2, -0.15) is 8.42 Å². The van der Waals surface area contributed by atoms with E-state index in [4.69, 9.17) is 4.18 Å². The Morgan fingerprint density at radius 1 is 1.18 bits per heavy atom. The van der Waals surface area contributed by atoms with Crippen LogP contribution in [0.4, 0.5) is 0 Å². The zero-order valence-electron chi connectivity index (χ0n) is 10.3. The van der Waals surface area contributed by atoms with Gasteiger partial charge in [-0.1, -0.05) is 6.58 Å². The maximum absolute atomic E-state index is 11.5. The summed E-state index contributed by atoms with van der Waals surface area (Å²) >= 11 is 0. The van der Waals surface area contributed by atoms with Crippen LogP contribution >= 0.6 is 0 Å². The SMILES string of the molecule is C=C1CC2C[C@@H]3C[C@H](C2)CC1(OS(C)(=O)=O)C3. The molecule has 0 amide bonds. The van der Waals surface area contributed by atoms with E-state index >= 15 is 0 Å². The van der Waals surface area contributed by atoms with E-state index in [0.29, 0.717) is 11.8 Å². The molecule has 4 aliphatic rings. The summed E-state index contributed by atoms with van der Waals surface area (Å²) in [6, 6.07) is 0. The lowest BCUT2D eigenvalue weighted by molar-refractivity contribution is 0.00958. The number of fused-ring (bicyclic) bond motifs is 1. The fourth-order valence-corrected chi connectivity index (χ4v) is 5.29. The molecule has 17 heavy (non-hydrogen) atoms. The number of hydrogen-bond donors (Lipinski definition) is 0. The van der Waals surface area contributed by atoms with Gasteiger partial charge in [-0.15, -0.1) is 0 Å². The van der Waals surface area contributed by atoms with E-state index in [-0.39, 0.29) is 0 Å². The molecule has 4 heteroatoms. The predicted molar refractivity (Wildman–Crippen MR) is 66.0 cm³/mol. The van der Waals surface area contributed by atoms with Gasteiger partial charge in [0.25, 0.3) is 10.1 Å². The van der Waals surface area contributed by atoms with Crippen molar-refractivity contribution in [3.63, 3.8) is 0 Å². The highest BCUT2D eigenvalue weighted by Crippen LogP contribution is 2.56. The standard InChI is InChI=1S/C13H20O3S/c1-9-3-10-4-11-6-12(5-10)8-13(9,7-11)16-17(2,14)15/h10-12H,1,3-8H2,2H3/t10?,11-,12+,13?. The summed E-state index contributed by atoms with van der Waals surface area (Å²) in [6.07, 6.45) is 7.60. The molecule has 4 rings (SSSR count). The van der Waals surface area contributed by atoms with Crippen molar-refractivity contribution in [2.75, 3.05) is 6.26 Å². The molecule has 0 radical (unpaired) electrons. The molecule has 0 saturated heterocycles. The smallest absolute Gasteiger partial charge is 0.259 e. The van der Waals surface area contributed by atoms with Crippen molar-refractivity contribution >= 4 is 10.1 Å². The van der Waals surface area contributed by atoms with Crippen LogP contribution in [0, 0.1) is 17.8 Å². The van der Waals surface area contributed by atoms with Gasteiger partial charge in [0.05, 0.1) is 6.26 Å². The molecule has 0 aromatic carbocycles. The minimum absolute atomic E-state index is 0.563. The van der Waals surface area contributed by atoms with Gasteiger partial charge in [-0.05, 0) is 61.9 Å². The van der Waals surface area contributed by atoms with Crippen LogP contribution in [0.15, 0.2) is 12.2 Å². The lowest BCUT2D eigenvalue weighted by Crippen LogP contribution is -2.43. The first-order chi connectivity index (χ1) is 7.86. The zero-order valence-corrected chi connectivity index (χ0v) is 11.1. The second-order valence-corrected chi connectivity index (χ2v) is 7.88. The quantitative estimate of drug-likeness (QED) is 0.563. The van der Waals surface area contributed by atoms with Gasteiger partial charge in [0.1, 0.15) is 5.60 Å². The molecule has 0 spiro atoms. The first-order valence-electron chi connectivity index (χ1n) is 6.45. The third kappa shape index (κ3) is 2.06. The van der Waals surface area contributed by atoms with Crippen LogP contribution < -0.4 is 0 Å². The van der Waals surface area contributed by atoms with Gasteiger partial charge in [0.15, 0.2) is 0 Å². The Morgan fingerprint density at radius 3 is 2.24 bits per heavy atom. The van der Waals surface area contributed by atoms with Crippen molar-refractivity contribution in [1.82, 2.24) is 0 Å². The van der Waals surface area contributed by atoms with Crippen LogP contribution in [0.2, 0.25) is 0 Å². The Hall–Kier alpha value is -0.350. The molecule has 4 bridgehead atoms. The zero-order chi connectivity index (χ0) is 12.3. The second kappa shape index (κ2) is 3.58. The van der Waals surface area contributed by atoms with E-state index in [0.717, 1.165) is 37.0 Å². The summed E-state index contributed by atoms with van der Waals surface area (Å²) in [5.74, 6) is 2.01. The highest BCUT2D eigenvalue weighted by molar-refractivity contribution is 7.86. The van der Waals surface area contributed by atoms with E-state index in [1.807, 2.05) is 0 Å². The van der Waals surface area contributed by atoms with E-state index in [9.17, 15) is 8.42 Å². The Bertz CT molecular complexity index is 437. The van der Waals surface area contributed by atoms with Gasteiger partial charge in [-0.3, -0.25) is 4.18 Å². The summed E-state index contributed by atoms with van der Waals surface area (Å²) < 4.78 is 28.5. The summed E-state index contributed by atoms with van der Waals surface area (Å²) in [5, 5.41) is 0. The van der Waals surface area contributed by atoms with E-state index < -0.39 is 15.7 Å². The van der Waals surface area contributed by atoms with E-state index in [1.54, 1.807) is 0 Å². The van der Waals surface area contributed by atoms with Gasteiger partial charge >= 0.3 is 0 Å². The first kappa shape index (κ1) is 11.7. The normalized spacial score (nSPS) is 45.0. The molecule has 0 aromatic heterocycles. The molecule has 2 unspecified atom stereocenters. The van der Waals surface area contributed by atoms with Crippen LogP contribution in [-0.2, 0) is 14.3 Å². The average molecular weight is 256 g/mol. The highest BCUT2D eigenvalue weighted by Gasteiger charge is 2.51. The summed E-state index contributed by atoms with van der Waals surface area (Å²) in [5.41, 5.74) is 0.463. The van der Waals surface area contributed by atoms with Crippen molar-refractivity contribution in [2.45, 2.75) is 44.1 Å². The van der Waals surface area contributed by atoms with Crippen molar-refractivity contribution in [2.24, 2.45) is 17.8 Å². The monoisotopic (exact) mass is 256 g/mol. The van der Waals surface area contributed by atoms with Gasteiger partial charge < -0.3 is 0 Å². The first-order valence-corrected chi connectivity index (χ1v) is 8.27. The molecule has 4 saturated carbocycles. The lowest BCUT2D eigenvalue weighted by Gasteiger charge is -2.44. The van der Waals surface area contributed by atoms with Crippen LogP contribution in [0.5, 0.6) is 0 Å². The van der Waals surface area contributed by atoms with Gasteiger partial charge in [0.2, 0.25) is 0 Å². The highest BCUT2D eigenvalue weighted by atomic mass is 32.2. The Kier molecular flexibility index (Phi) is 2.47. The molecule has 0 heterocycles. The van der Waals surface area contributed by atoms with Crippen molar-refractivity contribution in [3.05, 3.63) is 12.2 Å². The largest absolute Gasteiger partial charge is 0.265 e. The molecular formula is C13H20O3S. The number of rotatable bonds is 2. The van der Waals surface area contributed by atoms with Gasteiger partial charge in [-0.25, -0.2) is 0 Å². The minimum atomic E-state index is -3.40. The molecule has 4 aliphatic carbocycles. The van der Waals surface area contributed by atoms with E-state index in [1.165, 1.54) is 19.3 Å². The van der Waals surface area contributed by atoms with Crippen molar-refractivity contribution in [1.29, 1.82) is 0 Å². The number of hydrogen-bond acceptors (Lipinski definition) is 3. The molecular weight excluding hydrogens is 236 g/mol. The minimum Gasteiger partial charge on any atom is -0.259 e. The third-order valence-corrected chi connectivity index (χ3v) is 5.35. The van der Waals surface area contributed by atoms with Gasteiger partial charge in [0, 0.05) is 0 Å². The lowest BCUT2D eigenvalue weighted by atomic mass is 9.66. The third-order valence-electron chi connectivity index (χ3n) is 4.73. The second-order valence-electron chi connectivity index (χ2n) is 6.30. The summed E-state index contributed by atoms with van der Waals surface area (Å²) in [6.45, 7) is 4.14. The maximum Gasteiger partial charge on any atom is 0.265 e. The Balaban J connectivity index is 1.99. The van der Waals surface area contributed by atoms with Crippen LogP contribution in [-0.4, -0.2) is 20.3 Å². The Morgan fingerprint density at radius 2 is 1.71 bits per heavy atom. The summed E-state index contributed by atoms with van der Waals surface area (Å²) in [7, 11) is -3.40. The molecule has 0 N–H and O–H groups in total. The van der Waals surface area contributed by atoms with E-state index in [2.05, 4.69) is 6.58 Å². The molecule has 96 valence electrons. The molecule has 0 aliphatic heterocycles. The maximum atomic E-state index is 11.5. The fraction of sp³-hybridized carbons (Fsp3) is 0.846. The topological polar surface area (TPSA) is 43.4 Å². The van der Waals surface area contributed by atoms with Crippen molar-refractivity contribution < 1.29 is 12.6 Å². The molecule has 3 nitrogen and oxygen atoms in total. The molecule has 4 atom stereocenters. The molecule has 0 aromatic rings. The average Bonchev–Trinajstić information content (AvgIpc) is 2.24. The van der Waals surface area contributed by atoms with Crippen molar-refractivity contribution in [3.8, 4) is 0 Å².